The lowest BCUT2D eigenvalue weighted by atomic mass is 10.1. The molecule has 1 unspecified atom stereocenters. The van der Waals surface area contributed by atoms with Gasteiger partial charge in [0.25, 0.3) is 0 Å². The van der Waals surface area contributed by atoms with Crippen molar-refractivity contribution in [1.29, 1.82) is 0 Å². The Balaban J connectivity index is 2.36. The summed E-state index contributed by atoms with van der Waals surface area (Å²) < 4.78 is 4.76. The van der Waals surface area contributed by atoms with Crippen molar-refractivity contribution >= 4 is 12.3 Å². The van der Waals surface area contributed by atoms with E-state index in [4.69, 9.17) is 4.74 Å². The van der Waals surface area contributed by atoms with Gasteiger partial charge in [-0.15, -0.1) is 0 Å². The van der Waals surface area contributed by atoms with Crippen LogP contribution in [-0.4, -0.2) is 18.9 Å². The lowest BCUT2D eigenvalue weighted by molar-refractivity contribution is -0.149. The molecule has 12 heavy (non-hydrogen) atoms. The number of ether oxygens (including phenoxy) is 1. The summed E-state index contributed by atoms with van der Waals surface area (Å²) in [5.41, 5.74) is 0. The molecule has 0 bridgehead atoms. The molecule has 3 heteroatoms. The third kappa shape index (κ3) is 2.19. The second-order valence-electron chi connectivity index (χ2n) is 2.92. The van der Waals surface area contributed by atoms with E-state index in [2.05, 4.69) is 6.58 Å². The molecule has 1 atom stereocenters. The van der Waals surface area contributed by atoms with E-state index in [1.807, 2.05) is 0 Å². The number of carbonyl (C=O) groups excluding carboxylic acids is 2. The molecule has 1 rings (SSSR count). The van der Waals surface area contributed by atoms with Crippen LogP contribution in [0.1, 0.15) is 12.8 Å². The number of esters is 1. The standard InChI is InChI=1S/C9H12O3/c1-2-5-12-9(11)8(6-10)7-3-4-7/h2,6-8H,1,3-5H2. The van der Waals surface area contributed by atoms with Crippen molar-refractivity contribution in [2.45, 2.75) is 12.8 Å². The Labute approximate surface area is 71.4 Å². The molecule has 0 aromatic rings. The van der Waals surface area contributed by atoms with Crippen LogP contribution >= 0.6 is 0 Å². The SMILES string of the molecule is C=CCOC(=O)C(C=O)C1CC1. The van der Waals surface area contributed by atoms with Gasteiger partial charge in [0.1, 0.15) is 18.8 Å². The molecule has 66 valence electrons. The summed E-state index contributed by atoms with van der Waals surface area (Å²) in [7, 11) is 0. The van der Waals surface area contributed by atoms with Crippen molar-refractivity contribution in [1.82, 2.24) is 0 Å². The lowest BCUT2D eigenvalue weighted by Gasteiger charge is -2.06. The number of rotatable bonds is 5. The number of aldehydes is 1. The van der Waals surface area contributed by atoms with Crippen LogP contribution in [0.25, 0.3) is 0 Å². The number of carbonyl (C=O) groups is 2. The molecular formula is C9H12O3. The first kappa shape index (κ1) is 8.97. The Kier molecular flexibility index (Phi) is 3.02. The van der Waals surface area contributed by atoms with Crippen LogP contribution in [0.15, 0.2) is 12.7 Å². The molecule has 0 heterocycles. The quantitative estimate of drug-likeness (QED) is 0.265. The van der Waals surface area contributed by atoms with Crippen LogP contribution in [0, 0.1) is 11.8 Å². The third-order valence-electron chi connectivity index (χ3n) is 1.89. The smallest absolute Gasteiger partial charge is 0.316 e. The van der Waals surface area contributed by atoms with E-state index in [0.29, 0.717) is 6.29 Å². The molecule has 0 saturated heterocycles. The van der Waals surface area contributed by atoms with E-state index in [9.17, 15) is 9.59 Å². The molecule has 0 aromatic heterocycles. The lowest BCUT2D eigenvalue weighted by Crippen LogP contribution is -2.20. The first-order valence-electron chi connectivity index (χ1n) is 4.02. The van der Waals surface area contributed by atoms with E-state index in [0.717, 1.165) is 12.8 Å². The summed E-state index contributed by atoms with van der Waals surface area (Å²) in [4.78, 5) is 21.6. The predicted molar refractivity (Wildman–Crippen MR) is 43.4 cm³/mol. The van der Waals surface area contributed by atoms with Crippen molar-refractivity contribution in [3.63, 3.8) is 0 Å². The molecular weight excluding hydrogens is 156 g/mol. The van der Waals surface area contributed by atoms with E-state index < -0.39 is 11.9 Å². The van der Waals surface area contributed by atoms with Gasteiger partial charge in [0.2, 0.25) is 0 Å². The molecule has 1 aliphatic carbocycles. The molecule has 1 fully saturated rings. The highest BCUT2D eigenvalue weighted by Gasteiger charge is 2.36. The second kappa shape index (κ2) is 4.04. The van der Waals surface area contributed by atoms with Crippen molar-refractivity contribution in [3.05, 3.63) is 12.7 Å². The van der Waals surface area contributed by atoms with Crippen LogP contribution in [0.4, 0.5) is 0 Å². The zero-order valence-electron chi connectivity index (χ0n) is 6.86. The van der Waals surface area contributed by atoms with Gasteiger partial charge in [0, 0.05) is 0 Å². The zero-order chi connectivity index (χ0) is 8.97. The highest BCUT2D eigenvalue weighted by molar-refractivity contribution is 5.88. The summed E-state index contributed by atoms with van der Waals surface area (Å²) in [5.74, 6) is -0.711. The fourth-order valence-electron chi connectivity index (χ4n) is 1.05. The van der Waals surface area contributed by atoms with Gasteiger partial charge < -0.3 is 9.53 Å². The molecule has 0 amide bonds. The van der Waals surface area contributed by atoms with Gasteiger partial charge in [-0.1, -0.05) is 12.7 Å². The van der Waals surface area contributed by atoms with Crippen LogP contribution in [-0.2, 0) is 14.3 Å². The van der Waals surface area contributed by atoms with Crippen LogP contribution in [0.5, 0.6) is 0 Å². The minimum absolute atomic E-state index is 0.190. The maximum Gasteiger partial charge on any atom is 0.316 e. The fourth-order valence-corrected chi connectivity index (χ4v) is 1.05. The highest BCUT2D eigenvalue weighted by Crippen LogP contribution is 2.36. The average Bonchev–Trinajstić information content (AvgIpc) is 2.86. The van der Waals surface area contributed by atoms with E-state index >= 15 is 0 Å². The van der Waals surface area contributed by atoms with E-state index in [1.165, 1.54) is 6.08 Å². The normalized spacial score (nSPS) is 18.0. The van der Waals surface area contributed by atoms with Crippen molar-refractivity contribution < 1.29 is 14.3 Å². The van der Waals surface area contributed by atoms with Gasteiger partial charge in [-0.2, -0.15) is 0 Å². The first-order chi connectivity index (χ1) is 5.79. The maximum absolute atomic E-state index is 11.1. The van der Waals surface area contributed by atoms with Crippen LogP contribution in [0.3, 0.4) is 0 Å². The molecule has 3 nitrogen and oxygen atoms in total. The minimum Gasteiger partial charge on any atom is -0.461 e. The van der Waals surface area contributed by atoms with Crippen molar-refractivity contribution in [3.8, 4) is 0 Å². The molecule has 0 spiro atoms. The van der Waals surface area contributed by atoms with E-state index in [1.54, 1.807) is 0 Å². The largest absolute Gasteiger partial charge is 0.461 e. The van der Waals surface area contributed by atoms with Crippen LogP contribution in [0.2, 0.25) is 0 Å². The second-order valence-corrected chi connectivity index (χ2v) is 2.92. The van der Waals surface area contributed by atoms with Gasteiger partial charge in [0.15, 0.2) is 0 Å². The molecule has 0 aromatic carbocycles. The van der Waals surface area contributed by atoms with Crippen LogP contribution < -0.4 is 0 Å². The molecule has 1 saturated carbocycles. The van der Waals surface area contributed by atoms with Gasteiger partial charge in [-0.05, 0) is 18.8 Å². The van der Waals surface area contributed by atoms with Gasteiger partial charge in [-0.25, -0.2) is 0 Å². The predicted octanol–water partition coefficient (Wildman–Crippen LogP) is 0.941. The zero-order valence-corrected chi connectivity index (χ0v) is 6.86. The van der Waals surface area contributed by atoms with Gasteiger partial charge >= 0.3 is 5.97 Å². The molecule has 0 N–H and O–H groups in total. The number of hydrogen-bond donors (Lipinski definition) is 0. The summed E-state index contributed by atoms with van der Waals surface area (Å²) >= 11 is 0. The maximum atomic E-state index is 11.1. The summed E-state index contributed by atoms with van der Waals surface area (Å²) in [5, 5.41) is 0. The minimum atomic E-state index is -0.537. The topological polar surface area (TPSA) is 43.4 Å². The van der Waals surface area contributed by atoms with Gasteiger partial charge in [-0.3, -0.25) is 4.79 Å². The summed E-state index contributed by atoms with van der Waals surface area (Å²) in [6, 6.07) is 0. The molecule has 0 aliphatic heterocycles. The Morgan fingerprint density at radius 2 is 2.33 bits per heavy atom. The van der Waals surface area contributed by atoms with E-state index in [-0.39, 0.29) is 12.5 Å². The Hall–Kier alpha value is -1.12. The van der Waals surface area contributed by atoms with Gasteiger partial charge in [0.05, 0.1) is 0 Å². The molecule has 0 radical (unpaired) electrons. The monoisotopic (exact) mass is 168 g/mol. The average molecular weight is 168 g/mol. The summed E-state index contributed by atoms with van der Waals surface area (Å²) in [6.45, 7) is 3.60. The molecule has 1 aliphatic rings. The highest BCUT2D eigenvalue weighted by atomic mass is 16.5. The number of hydrogen-bond acceptors (Lipinski definition) is 3. The fraction of sp³-hybridized carbons (Fsp3) is 0.556. The Morgan fingerprint density at radius 3 is 2.75 bits per heavy atom. The third-order valence-corrected chi connectivity index (χ3v) is 1.89. The Morgan fingerprint density at radius 1 is 1.67 bits per heavy atom. The van der Waals surface area contributed by atoms with Crippen molar-refractivity contribution in [2.24, 2.45) is 11.8 Å². The summed E-state index contributed by atoms with van der Waals surface area (Å²) in [6.07, 6.45) is 4.11. The van der Waals surface area contributed by atoms with Crippen molar-refractivity contribution in [2.75, 3.05) is 6.61 Å². The first-order valence-corrected chi connectivity index (χ1v) is 4.02. The Bertz CT molecular complexity index is 194.